The molecule has 0 unspecified atom stereocenters. The molecule has 3 saturated heterocycles. The van der Waals surface area contributed by atoms with E-state index in [0.29, 0.717) is 12.6 Å². The third-order valence-corrected chi connectivity index (χ3v) is 6.26. The summed E-state index contributed by atoms with van der Waals surface area (Å²) in [5.74, 6) is -2.65. The van der Waals surface area contributed by atoms with Crippen molar-refractivity contribution in [2.24, 2.45) is 11.8 Å². The molecule has 1 spiro atoms. The number of nitrogens with zero attached hydrogens (tertiary/aromatic N) is 1. The molecule has 0 aromatic rings. The van der Waals surface area contributed by atoms with E-state index in [2.05, 4.69) is 13.8 Å². The van der Waals surface area contributed by atoms with Crippen LogP contribution in [0.15, 0.2) is 12.2 Å². The predicted molar refractivity (Wildman–Crippen MR) is 79.3 cm³/mol. The van der Waals surface area contributed by atoms with Crippen LogP contribution in [0.1, 0.15) is 26.7 Å². The predicted octanol–water partition coefficient (Wildman–Crippen LogP) is -2.03. The van der Waals surface area contributed by atoms with Crippen molar-refractivity contribution in [1.29, 1.82) is 0 Å². The summed E-state index contributed by atoms with van der Waals surface area (Å²) in [4.78, 5) is 27.9. The number of fused-ring (bicyclic) bond motifs is 1. The first-order chi connectivity index (χ1) is 10.9. The number of ether oxygens (including phenoxy) is 1. The fourth-order valence-corrected chi connectivity index (χ4v) is 4.97. The first-order valence-electron chi connectivity index (χ1n) is 8.66. The maximum atomic E-state index is 12.9. The van der Waals surface area contributed by atoms with Gasteiger partial charge in [-0.15, -0.1) is 0 Å². The zero-order valence-electron chi connectivity index (χ0n) is 13.7. The van der Waals surface area contributed by atoms with E-state index in [1.54, 1.807) is 11.0 Å². The Morgan fingerprint density at radius 2 is 2.13 bits per heavy atom. The van der Waals surface area contributed by atoms with Crippen LogP contribution in [0.4, 0.5) is 0 Å². The van der Waals surface area contributed by atoms with E-state index < -0.39 is 29.5 Å². The minimum Gasteiger partial charge on any atom is -0.550 e. The van der Waals surface area contributed by atoms with Crippen molar-refractivity contribution >= 4 is 11.9 Å². The molecule has 1 amide bonds. The zero-order chi connectivity index (χ0) is 16.4. The molecule has 0 aliphatic carbocycles. The standard InChI is InChI=1S/C17H24N2O4/c1-10(2)18-7-4-11(5-8-18)19-9-17-6-3-12(23-17)13(16(21)22)14(17)15(19)20/h3,6,10-14H,4-5,7-9H2,1-2H3,(H,21,22)/t12-,13+,14-,17+/m1/s1. The SMILES string of the molecule is CC(C)[NH+]1CCC(N2C[C@]34C=C[C@@H](O3)[C@H](C(=O)[O-])[C@@H]4C2=O)CC1. The number of carbonyl (C=O) groups excluding carboxylic acids is 2. The number of quaternary nitrogens is 1. The van der Waals surface area contributed by atoms with Crippen molar-refractivity contribution in [3.63, 3.8) is 0 Å². The Morgan fingerprint density at radius 3 is 2.74 bits per heavy atom. The lowest BCUT2D eigenvalue weighted by molar-refractivity contribution is -0.926. The Balaban J connectivity index is 1.52. The molecular weight excluding hydrogens is 296 g/mol. The summed E-state index contributed by atoms with van der Waals surface area (Å²) in [5.41, 5.74) is -0.728. The molecule has 0 aromatic heterocycles. The number of carbonyl (C=O) groups is 2. The fraction of sp³-hybridized carbons (Fsp3) is 0.765. The second kappa shape index (κ2) is 5.05. The van der Waals surface area contributed by atoms with E-state index in [1.165, 1.54) is 0 Å². The van der Waals surface area contributed by atoms with Gasteiger partial charge in [0.1, 0.15) is 5.60 Å². The number of nitrogens with one attached hydrogen (secondary N) is 1. The lowest BCUT2D eigenvalue weighted by Gasteiger charge is -2.37. The first-order valence-corrected chi connectivity index (χ1v) is 8.66. The number of amides is 1. The average molecular weight is 320 g/mol. The largest absolute Gasteiger partial charge is 0.550 e. The van der Waals surface area contributed by atoms with Crippen LogP contribution >= 0.6 is 0 Å². The van der Waals surface area contributed by atoms with Gasteiger partial charge >= 0.3 is 0 Å². The van der Waals surface area contributed by atoms with E-state index in [0.717, 1.165) is 25.9 Å². The molecule has 6 nitrogen and oxygen atoms in total. The number of likely N-dealkylation sites (tertiary alicyclic amines) is 2. The van der Waals surface area contributed by atoms with Crippen molar-refractivity contribution in [3.05, 3.63) is 12.2 Å². The normalized spacial score (nSPS) is 45.1. The number of carboxylic acids is 1. The van der Waals surface area contributed by atoms with E-state index in [1.807, 2.05) is 11.0 Å². The van der Waals surface area contributed by atoms with Gasteiger partial charge in [0.25, 0.3) is 0 Å². The van der Waals surface area contributed by atoms with Gasteiger partial charge in [0.15, 0.2) is 0 Å². The summed E-state index contributed by atoms with van der Waals surface area (Å²) in [7, 11) is 0. The molecule has 0 radical (unpaired) electrons. The van der Waals surface area contributed by atoms with E-state index in [4.69, 9.17) is 4.74 Å². The van der Waals surface area contributed by atoms with Gasteiger partial charge in [0.05, 0.1) is 37.7 Å². The zero-order valence-corrected chi connectivity index (χ0v) is 13.7. The number of hydrogen-bond acceptors (Lipinski definition) is 4. The molecular formula is C17H24N2O4. The second-order valence-corrected chi connectivity index (χ2v) is 7.73. The molecule has 4 aliphatic rings. The van der Waals surface area contributed by atoms with Crippen molar-refractivity contribution < 1.29 is 24.3 Å². The summed E-state index contributed by atoms with van der Waals surface area (Å²) >= 11 is 0. The van der Waals surface area contributed by atoms with Gasteiger partial charge in [-0.05, 0) is 13.8 Å². The van der Waals surface area contributed by atoms with E-state index in [9.17, 15) is 14.7 Å². The quantitative estimate of drug-likeness (QED) is 0.609. The van der Waals surface area contributed by atoms with Crippen molar-refractivity contribution in [3.8, 4) is 0 Å². The lowest BCUT2D eigenvalue weighted by Crippen LogP contribution is -3.16. The summed E-state index contributed by atoms with van der Waals surface area (Å²) in [5, 5.41) is 11.5. The maximum absolute atomic E-state index is 12.9. The maximum Gasteiger partial charge on any atom is 0.230 e. The topological polar surface area (TPSA) is 74.1 Å². The molecule has 4 aliphatic heterocycles. The molecule has 1 N–H and O–H groups in total. The Hall–Kier alpha value is -1.40. The molecule has 23 heavy (non-hydrogen) atoms. The van der Waals surface area contributed by atoms with Gasteiger partial charge in [-0.3, -0.25) is 4.79 Å². The van der Waals surface area contributed by atoms with Gasteiger partial charge in [-0.25, -0.2) is 0 Å². The van der Waals surface area contributed by atoms with E-state index >= 15 is 0 Å². The van der Waals surface area contributed by atoms with Crippen LogP contribution in [0.3, 0.4) is 0 Å². The Bertz CT molecular complexity index is 567. The van der Waals surface area contributed by atoms with Crippen LogP contribution in [0.5, 0.6) is 0 Å². The minimum absolute atomic E-state index is 0.0518. The number of hydrogen-bond donors (Lipinski definition) is 1. The summed E-state index contributed by atoms with van der Waals surface area (Å²) < 4.78 is 5.91. The molecule has 2 bridgehead atoms. The van der Waals surface area contributed by atoms with Crippen LogP contribution < -0.4 is 10.0 Å². The van der Waals surface area contributed by atoms with Crippen molar-refractivity contribution in [1.82, 2.24) is 4.90 Å². The van der Waals surface area contributed by atoms with Crippen LogP contribution in [0.2, 0.25) is 0 Å². The molecule has 4 atom stereocenters. The van der Waals surface area contributed by atoms with Crippen LogP contribution in [-0.4, -0.2) is 60.2 Å². The molecule has 6 heteroatoms. The Morgan fingerprint density at radius 1 is 1.43 bits per heavy atom. The molecule has 0 aromatic carbocycles. The highest BCUT2D eigenvalue weighted by molar-refractivity contribution is 5.90. The third kappa shape index (κ3) is 2.08. The number of rotatable bonds is 3. The highest BCUT2D eigenvalue weighted by Gasteiger charge is 2.66. The molecule has 4 rings (SSSR count). The van der Waals surface area contributed by atoms with Gasteiger partial charge in [0, 0.05) is 30.8 Å². The lowest BCUT2D eigenvalue weighted by atomic mass is 9.77. The van der Waals surface area contributed by atoms with Crippen molar-refractivity contribution in [2.75, 3.05) is 19.6 Å². The number of piperidine rings is 1. The van der Waals surface area contributed by atoms with Crippen LogP contribution in [0.25, 0.3) is 0 Å². The smallest absolute Gasteiger partial charge is 0.230 e. The van der Waals surface area contributed by atoms with Gasteiger partial charge in [-0.2, -0.15) is 0 Å². The highest BCUT2D eigenvalue weighted by atomic mass is 16.5. The summed E-state index contributed by atoms with van der Waals surface area (Å²) in [6, 6.07) is 0.816. The number of carboxylic acid groups (broad SMARTS) is 1. The van der Waals surface area contributed by atoms with Crippen molar-refractivity contribution in [2.45, 2.75) is 50.5 Å². The minimum atomic E-state index is -1.17. The van der Waals surface area contributed by atoms with Gasteiger partial charge < -0.3 is 24.4 Å². The second-order valence-electron chi connectivity index (χ2n) is 7.73. The van der Waals surface area contributed by atoms with Gasteiger partial charge in [0.2, 0.25) is 5.91 Å². The highest BCUT2D eigenvalue weighted by Crippen LogP contribution is 2.52. The average Bonchev–Trinajstić information content (AvgIpc) is 3.15. The molecule has 3 fully saturated rings. The van der Waals surface area contributed by atoms with Gasteiger partial charge in [-0.1, -0.05) is 12.2 Å². The van der Waals surface area contributed by atoms with Crippen LogP contribution in [0, 0.1) is 11.8 Å². The monoisotopic (exact) mass is 320 g/mol. The summed E-state index contributed by atoms with van der Waals surface area (Å²) in [6.07, 6.45) is 5.16. The van der Waals surface area contributed by atoms with E-state index in [-0.39, 0.29) is 11.9 Å². The number of aliphatic carboxylic acids is 1. The molecule has 126 valence electrons. The Kier molecular flexibility index (Phi) is 3.32. The summed E-state index contributed by atoms with van der Waals surface area (Å²) in [6.45, 7) is 7.07. The third-order valence-electron chi connectivity index (χ3n) is 6.26. The molecule has 0 saturated carbocycles. The fourth-order valence-electron chi connectivity index (χ4n) is 4.97. The first kappa shape index (κ1) is 15.1. The Labute approximate surface area is 136 Å². The molecule has 4 heterocycles. The van der Waals surface area contributed by atoms with Crippen LogP contribution in [-0.2, 0) is 14.3 Å².